The number of benzene rings is 6. The van der Waals surface area contributed by atoms with Crippen LogP contribution >= 0.6 is 23.5 Å². The second kappa shape index (κ2) is 32.9. The molecule has 0 saturated heterocycles. The van der Waals surface area contributed by atoms with Gasteiger partial charge >= 0.3 is 12.4 Å². The van der Waals surface area contributed by atoms with Crippen molar-refractivity contribution in [3.63, 3.8) is 0 Å². The van der Waals surface area contributed by atoms with Crippen molar-refractivity contribution in [1.82, 2.24) is 38.7 Å². The maximum Gasteiger partial charge on any atom is 0.416 e. The number of hydrogen-bond acceptors (Lipinski definition) is 10. The molecular formula is C74H80F8N8O4S2. The van der Waals surface area contributed by atoms with Crippen LogP contribution < -0.4 is 11.1 Å². The van der Waals surface area contributed by atoms with Crippen LogP contribution in [0.25, 0.3) is 22.3 Å². The molecule has 2 amide bonds. The van der Waals surface area contributed by atoms with E-state index < -0.39 is 195 Å². The Labute approximate surface area is 597 Å². The van der Waals surface area contributed by atoms with Crippen LogP contribution in [0.4, 0.5) is 35.1 Å². The number of hydrogen-bond donors (Lipinski definition) is 0. The first kappa shape index (κ1) is 46.3. The van der Waals surface area contributed by atoms with Crippen molar-refractivity contribution in [2.75, 3.05) is 52.1 Å². The minimum atomic E-state index is -4.69. The number of thioether (sulfide) groups is 2. The van der Waals surface area contributed by atoms with Crippen molar-refractivity contribution < 1.29 is 77.6 Å². The van der Waals surface area contributed by atoms with Crippen LogP contribution in [0.1, 0.15) is 140 Å². The molecule has 10 rings (SSSR count). The van der Waals surface area contributed by atoms with Gasteiger partial charge in [-0.1, -0.05) is 136 Å². The van der Waals surface area contributed by atoms with Gasteiger partial charge in [-0.15, -0.1) is 0 Å². The molecule has 0 fully saturated rings. The molecule has 0 unspecified atom stereocenters. The Bertz CT molecular complexity index is 5250. The molecule has 6 aromatic carbocycles. The molecule has 96 heavy (non-hydrogen) atoms. The van der Waals surface area contributed by atoms with Gasteiger partial charge in [0.15, 0.2) is 10.3 Å². The number of halogens is 8. The van der Waals surface area contributed by atoms with Crippen LogP contribution in [0.5, 0.6) is 0 Å². The summed E-state index contributed by atoms with van der Waals surface area (Å²) >= 11 is 0.822. The highest BCUT2D eigenvalue weighted by Crippen LogP contribution is 2.35. The molecular weight excluding hydrogens is 1280 g/mol. The van der Waals surface area contributed by atoms with E-state index in [4.69, 9.17) is 27.4 Å². The third-order valence-corrected chi connectivity index (χ3v) is 16.9. The molecule has 0 N–H and O–H groups in total. The smallest absolute Gasteiger partial charge is 0.336 e. The number of amides is 2. The van der Waals surface area contributed by atoms with Gasteiger partial charge in [0.05, 0.1) is 24.8 Å². The third-order valence-electron chi connectivity index (χ3n) is 15.2. The number of carbonyl (C=O) groups excluding carboxylic acids is 2. The molecule has 0 atom stereocenters. The lowest BCUT2D eigenvalue weighted by Crippen LogP contribution is -2.40. The Morgan fingerprint density at radius 1 is 0.531 bits per heavy atom. The zero-order chi connectivity index (χ0) is 90.2. The van der Waals surface area contributed by atoms with Gasteiger partial charge in [-0.05, 0) is 183 Å². The van der Waals surface area contributed by atoms with Gasteiger partial charge in [-0.2, -0.15) is 36.3 Å². The van der Waals surface area contributed by atoms with E-state index in [0.717, 1.165) is 122 Å². The van der Waals surface area contributed by atoms with Crippen molar-refractivity contribution in [2.45, 2.75) is 140 Å². The molecule has 0 aliphatic heterocycles. The van der Waals surface area contributed by atoms with E-state index in [-0.39, 0.29) is 107 Å². The van der Waals surface area contributed by atoms with E-state index >= 15 is 0 Å². The summed E-state index contributed by atoms with van der Waals surface area (Å²) in [6.45, 7) is -19.3. The van der Waals surface area contributed by atoms with Crippen LogP contribution in [0.15, 0.2) is 153 Å². The lowest BCUT2D eigenvalue weighted by molar-refractivity contribution is -0.138. The largest absolute Gasteiger partial charge is 0.416 e. The molecule has 2 heterocycles. The van der Waals surface area contributed by atoms with Crippen molar-refractivity contribution in [2.24, 2.45) is 0 Å². The second-order valence-electron chi connectivity index (χ2n) is 21.5. The van der Waals surface area contributed by atoms with E-state index in [2.05, 4.69) is 9.97 Å². The first-order valence-electron chi connectivity index (χ1n) is 41.8. The minimum Gasteiger partial charge on any atom is -0.336 e. The third kappa shape index (κ3) is 18.8. The summed E-state index contributed by atoms with van der Waals surface area (Å²) in [7, 11) is 0. The predicted molar refractivity (Wildman–Crippen MR) is 363 cm³/mol. The van der Waals surface area contributed by atoms with Gasteiger partial charge in [0.2, 0.25) is 11.8 Å². The quantitative estimate of drug-likeness (QED) is 0.0295. The zero-order valence-electron chi connectivity index (χ0n) is 76.6. The average molecular weight is 1390 g/mol. The van der Waals surface area contributed by atoms with E-state index in [1.54, 1.807) is 0 Å². The number of rotatable bonds is 26. The molecule has 2 aliphatic carbocycles. The summed E-state index contributed by atoms with van der Waals surface area (Å²) in [5, 5.41) is -0.649. The fourth-order valence-corrected chi connectivity index (χ4v) is 11.9. The molecule has 2 aromatic heterocycles. The zero-order valence-corrected chi connectivity index (χ0v) is 54.2. The number of fused-ring (bicyclic) bond motifs is 2. The first-order valence-corrected chi connectivity index (χ1v) is 31.4. The van der Waals surface area contributed by atoms with E-state index in [0.29, 0.717) is 47.0 Å². The standard InChI is InChI=1S/2C37H40F4N4O2S/c2*1-4-43(5-2)19-20-44(22-27-11-18-31(25(3)21-27)28-12-14-29(15-13-28)37(39,40)41)34(46)23-45-33-8-6-7-32(33)35(47)42-36(45)48-24-26-9-16-30(38)17-10-26/h2*9-18,21H,4-8,19-20,22-24H2,1-3H3/i4D2,5D2,11D,18D,19D2,20D2,21D,24D2;4D2,5D2,11D,18D,21D,22D2,24D2. The van der Waals surface area contributed by atoms with Gasteiger partial charge in [-0.25, -0.2) is 8.78 Å². The van der Waals surface area contributed by atoms with Crippen LogP contribution in [0.2, 0.25) is 0 Å². The van der Waals surface area contributed by atoms with Gasteiger partial charge in [0, 0.05) is 92.2 Å². The van der Waals surface area contributed by atoms with Crippen molar-refractivity contribution in [3.05, 3.63) is 233 Å². The molecule has 22 heteroatoms. The average Bonchev–Trinajstić information content (AvgIpc) is 0.904. The van der Waals surface area contributed by atoms with Crippen LogP contribution in [0.3, 0.4) is 0 Å². The van der Waals surface area contributed by atoms with Gasteiger partial charge in [0.25, 0.3) is 11.1 Å². The van der Waals surface area contributed by atoms with Crippen LogP contribution in [-0.4, -0.2) is 103 Å². The molecule has 0 bridgehead atoms. The Morgan fingerprint density at radius 2 is 0.948 bits per heavy atom. The second-order valence-corrected chi connectivity index (χ2v) is 23.1. The minimum absolute atomic E-state index is 0.00418. The Balaban J connectivity index is 0.000000273. The molecule has 2 aliphatic rings. The highest BCUT2D eigenvalue weighted by Gasteiger charge is 2.32. The molecule has 8 aromatic rings. The lowest BCUT2D eigenvalue weighted by Gasteiger charge is -2.28. The molecule has 0 saturated carbocycles. The van der Waals surface area contributed by atoms with Gasteiger partial charge in [-0.3, -0.25) is 19.2 Å². The summed E-state index contributed by atoms with van der Waals surface area (Å²) in [4.78, 5) is 65.4. The van der Waals surface area contributed by atoms with Crippen LogP contribution in [-0.2, 0) is 85.2 Å². The predicted octanol–water partition coefficient (Wildman–Crippen LogP) is 15.1. The maximum atomic E-state index is 14.8. The fourth-order valence-electron chi connectivity index (χ4n) is 10.4. The lowest BCUT2D eigenvalue weighted by atomic mass is 9.97. The normalized spacial score (nSPS) is 17.8. The maximum absolute atomic E-state index is 14.8. The Kier molecular flexibility index (Phi) is 15.9. The molecule has 0 spiro atoms. The SMILES string of the molecule is [2H]c1c([2H])c(-c2ccc(C(F)(F)F)cc2)c(C)c([2H])c1CN(C(=O)Cn1c(SC([2H])([2H])c2ccc(F)cc2)nc(=O)c2c1CCC2)C([2H])([2H])C([2H])([2H])N(C([2H])([2H])C)C([2H])([2H])C.[2H]c1c([2H])c(C([2H])([2H])N(CCN(C([2H])([2H])C)C([2H])([2H])C)C(=O)Cn2c(SC([2H])([2H])c3ccc(F)cc3)nc(=O)c3c2CCC3)c([2H])c(C)c1-c1ccc(C(F)(F)F)cc1. The first-order chi connectivity index (χ1) is 54.9. The summed E-state index contributed by atoms with van der Waals surface area (Å²) in [6.07, 6.45) is -7.57. The highest BCUT2D eigenvalue weighted by atomic mass is 32.2. The van der Waals surface area contributed by atoms with Gasteiger partial charge < -0.3 is 28.7 Å². The molecule has 508 valence electrons. The van der Waals surface area contributed by atoms with E-state index in [1.807, 2.05) is 0 Å². The molecule has 0 radical (unpaired) electrons. The Hall–Kier alpha value is -7.92. The van der Waals surface area contributed by atoms with Gasteiger partial charge in [0.1, 0.15) is 24.7 Å². The highest BCUT2D eigenvalue weighted by molar-refractivity contribution is 7.98. The summed E-state index contributed by atoms with van der Waals surface area (Å²) in [5.41, 5.74) is -8.87. The van der Waals surface area contributed by atoms with E-state index in [1.165, 1.54) is 30.5 Å². The van der Waals surface area contributed by atoms with Crippen molar-refractivity contribution >= 4 is 35.3 Å². The monoisotopic (exact) mass is 1380 g/mol. The summed E-state index contributed by atoms with van der Waals surface area (Å²) < 4.78 is 320. The van der Waals surface area contributed by atoms with Crippen molar-refractivity contribution in [3.8, 4) is 22.3 Å². The van der Waals surface area contributed by atoms with E-state index in [9.17, 15) is 59.8 Å². The number of carbonyl (C=O) groups is 2. The summed E-state index contributed by atoms with van der Waals surface area (Å²) in [5.74, 6) is -3.72. The number of alkyl halides is 6. The number of nitrogens with zero attached hydrogens (tertiary/aromatic N) is 8. The Morgan fingerprint density at radius 3 is 1.38 bits per heavy atom. The number of likely N-dealkylation sites (N-methyl/N-ethyl adjacent to an activating group) is 2. The van der Waals surface area contributed by atoms with Crippen LogP contribution in [0, 0.1) is 25.5 Å². The topological polar surface area (TPSA) is 117 Å². The summed E-state index contributed by atoms with van der Waals surface area (Å²) in [6, 6.07) is 11.9. The fraction of sp³-hybridized carbons (Fsp3) is 0.378. The number of aromatic nitrogens is 4. The van der Waals surface area contributed by atoms with Crippen molar-refractivity contribution in [1.29, 1.82) is 0 Å². The molecule has 12 nitrogen and oxygen atoms in total.